The molecule has 3 amide bonds. The summed E-state index contributed by atoms with van der Waals surface area (Å²) in [5.41, 5.74) is 2.14. The van der Waals surface area contributed by atoms with Crippen LogP contribution in [0.1, 0.15) is 88.1 Å². The summed E-state index contributed by atoms with van der Waals surface area (Å²) < 4.78 is 12.8. The second-order valence-corrected chi connectivity index (χ2v) is 13.1. The number of nitrogens with zero attached hydrogens (tertiary/aromatic N) is 2. The average Bonchev–Trinajstić information content (AvgIpc) is 3.03. The van der Waals surface area contributed by atoms with Crippen molar-refractivity contribution in [3.63, 3.8) is 0 Å². The average molecular weight is 623 g/mol. The highest BCUT2D eigenvalue weighted by Gasteiger charge is 2.30. The monoisotopic (exact) mass is 622 g/mol. The highest BCUT2D eigenvalue weighted by molar-refractivity contribution is 5.99. The summed E-state index contributed by atoms with van der Waals surface area (Å²) >= 11 is 0. The van der Waals surface area contributed by atoms with E-state index in [9.17, 15) is 14.7 Å². The molecule has 248 valence electrons. The lowest BCUT2D eigenvalue weighted by Crippen LogP contribution is -2.47. The molecule has 0 radical (unpaired) electrons. The van der Waals surface area contributed by atoms with Gasteiger partial charge in [0, 0.05) is 43.9 Å². The van der Waals surface area contributed by atoms with E-state index in [-0.39, 0.29) is 42.7 Å². The number of ether oxygens (including phenoxy) is 2. The number of rotatable bonds is 8. The minimum Gasteiger partial charge on any atom is -0.490 e. The van der Waals surface area contributed by atoms with E-state index in [1.54, 1.807) is 23.1 Å². The molecule has 2 aromatic rings. The van der Waals surface area contributed by atoms with Crippen LogP contribution in [0.15, 0.2) is 48.5 Å². The van der Waals surface area contributed by atoms with E-state index in [4.69, 9.17) is 9.47 Å². The summed E-state index contributed by atoms with van der Waals surface area (Å²) in [5.74, 6) is 0.242. The van der Waals surface area contributed by atoms with Crippen LogP contribution in [0, 0.1) is 5.92 Å². The number of carbonyl (C=O) groups excluding carboxylic acids is 2. The third kappa shape index (κ3) is 10.7. The fourth-order valence-electron chi connectivity index (χ4n) is 6.33. The second kappa shape index (κ2) is 17.5. The fourth-order valence-corrected chi connectivity index (χ4v) is 6.33. The zero-order valence-electron chi connectivity index (χ0n) is 27.7. The number of aliphatic hydroxyl groups excluding tert-OH is 1. The van der Waals surface area contributed by atoms with Crippen molar-refractivity contribution in [1.82, 2.24) is 15.1 Å². The van der Waals surface area contributed by atoms with Gasteiger partial charge in [0.05, 0.1) is 30.4 Å². The molecule has 0 spiro atoms. The molecule has 1 fully saturated rings. The minimum atomic E-state index is -0.424. The molecule has 0 unspecified atom stereocenters. The molecule has 0 saturated heterocycles. The molecule has 1 saturated carbocycles. The second-order valence-electron chi connectivity index (χ2n) is 13.1. The molecular formula is C36H54N4O5. The molecule has 2 aliphatic rings. The Kier molecular flexibility index (Phi) is 13.5. The largest absolute Gasteiger partial charge is 0.490 e. The van der Waals surface area contributed by atoms with Gasteiger partial charge in [-0.15, -0.1) is 0 Å². The number of fused-ring (bicyclic) bond motifs is 1. The molecule has 45 heavy (non-hydrogen) atoms. The predicted molar refractivity (Wildman–Crippen MR) is 179 cm³/mol. The number of anilines is 1. The Balaban J connectivity index is 1.56. The van der Waals surface area contributed by atoms with E-state index in [0.29, 0.717) is 36.7 Å². The lowest BCUT2D eigenvalue weighted by atomic mass is 9.96. The summed E-state index contributed by atoms with van der Waals surface area (Å²) in [4.78, 5) is 31.2. The first kappa shape index (κ1) is 34.7. The van der Waals surface area contributed by atoms with Crippen LogP contribution >= 0.6 is 0 Å². The van der Waals surface area contributed by atoms with E-state index in [2.05, 4.69) is 53.8 Å². The van der Waals surface area contributed by atoms with Gasteiger partial charge >= 0.3 is 6.03 Å². The number of carbonyl (C=O) groups is 2. The first-order valence-corrected chi connectivity index (χ1v) is 16.9. The molecule has 2 aromatic carbocycles. The number of aliphatic hydroxyl groups is 1. The zero-order chi connectivity index (χ0) is 32.2. The van der Waals surface area contributed by atoms with Crippen molar-refractivity contribution in [1.29, 1.82) is 0 Å². The van der Waals surface area contributed by atoms with Crippen LogP contribution in [0.25, 0.3) is 0 Å². The van der Waals surface area contributed by atoms with Crippen molar-refractivity contribution >= 4 is 17.6 Å². The summed E-state index contributed by atoms with van der Waals surface area (Å²) in [6.07, 6.45) is 7.91. The Morgan fingerprint density at radius 3 is 2.51 bits per heavy atom. The first-order chi connectivity index (χ1) is 21.7. The topological polar surface area (TPSA) is 103 Å². The minimum absolute atomic E-state index is 0.00464. The first-order valence-electron chi connectivity index (χ1n) is 16.9. The smallest absolute Gasteiger partial charge is 0.319 e. The molecule has 0 aromatic heterocycles. The molecule has 1 aliphatic carbocycles. The SMILES string of the molecule is C[C@@H]1CCCCO[C@@H](CN(C)Cc2ccccc2)[C@@H](C)CN([C@@H](C)CO)C(=O)c2cc(NC(=O)NC3CCCCC3)ccc2O1. The van der Waals surface area contributed by atoms with E-state index in [0.717, 1.165) is 51.5 Å². The van der Waals surface area contributed by atoms with Crippen molar-refractivity contribution in [2.45, 2.75) is 103 Å². The molecule has 3 N–H and O–H groups in total. The molecule has 0 bridgehead atoms. The molecule has 9 heteroatoms. The lowest BCUT2D eigenvalue weighted by molar-refractivity contribution is -0.0177. The maximum absolute atomic E-state index is 14.3. The highest BCUT2D eigenvalue weighted by Crippen LogP contribution is 2.29. The molecule has 4 atom stereocenters. The summed E-state index contributed by atoms with van der Waals surface area (Å²) in [6, 6.07) is 15.1. The van der Waals surface area contributed by atoms with Crippen molar-refractivity contribution in [3.05, 3.63) is 59.7 Å². The van der Waals surface area contributed by atoms with Gasteiger partial charge in [-0.25, -0.2) is 4.79 Å². The highest BCUT2D eigenvalue weighted by atomic mass is 16.5. The fraction of sp³-hybridized carbons (Fsp3) is 0.611. The summed E-state index contributed by atoms with van der Waals surface area (Å²) in [5, 5.41) is 16.3. The van der Waals surface area contributed by atoms with Gasteiger partial charge in [0.25, 0.3) is 5.91 Å². The molecule has 1 aliphatic heterocycles. The van der Waals surface area contributed by atoms with E-state index >= 15 is 0 Å². The summed E-state index contributed by atoms with van der Waals surface area (Å²) in [6.45, 7) is 8.37. The Morgan fingerprint density at radius 1 is 1.04 bits per heavy atom. The van der Waals surface area contributed by atoms with Crippen LogP contribution in [-0.2, 0) is 11.3 Å². The van der Waals surface area contributed by atoms with Gasteiger partial charge in [0.15, 0.2) is 0 Å². The van der Waals surface area contributed by atoms with Crippen LogP contribution < -0.4 is 15.4 Å². The van der Waals surface area contributed by atoms with Crippen LogP contribution in [-0.4, -0.2) is 84.5 Å². The number of amides is 3. The van der Waals surface area contributed by atoms with Crippen molar-refractivity contribution < 1.29 is 24.2 Å². The number of benzene rings is 2. The van der Waals surface area contributed by atoms with Crippen LogP contribution in [0.5, 0.6) is 5.75 Å². The Morgan fingerprint density at radius 2 is 1.78 bits per heavy atom. The van der Waals surface area contributed by atoms with Crippen molar-refractivity contribution in [2.24, 2.45) is 5.92 Å². The lowest BCUT2D eigenvalue weighted by Gasteiger charge is -2.36. The van der Waals surface area contributed by atoms with Gasteiger partial charge < -0.3 is 30.1 Å². The molecule has 9 nitrogen and oxygen atoms in total. The Labute approximate surface area is 269 Å². The van der Waals surface area contributed by atoms with Gasteiger partial charge in [-0.3, -0.25) is 9.69 Å². The molecule has 1 heterocycles. The van der Waals surface area contributed by atoms with E-state index in [1.165, 1.54) is 12.0 Å². The normalized spacial score (nSPS) is 23.0. The Hall–Kier alpha value is -3.14. The van der Waals surface area contributed by atoms with Gasteiger partial charge in [-0.05, 0) is 76.8 Å². The van der Waals surface area contributed by atoms with Crippen molar-refractivity contribution in [3.8, 4) is 5.75 Å². The standard InChI is InChI=1S/C36H54N4O5/c1-26-22-40(27(2)25-41)35(42)32-21-31(38-36(43)37-30-16-9-6-10-17-30)18-19-33(32)45-28(3)13-11-12-20-44-34(26)24-39(4)23-29-14-7-5-8-15-29/h5,7-8,14-15,18-19,21,26-28,30,34,41H,6,9-13,16-17,20,22-25H2,1-4H3,(H2,37,38,43)/t26-,27-,28+,34-/m0/s1. The summed E-state index contributed by atoms with van der Waals surface area (Å²) in [7, 11) is 2.10. The zero-order valence-corrected chi connectivity index (χ0v) is 27.7. The quantitative estimate of drug-likeness (QED) is 0.330. The maximum atomic E-state index is 14.3. The van der Waals surface area contributed by atoms with Gasteiger partial charge in [0.1, 0.15) is 5.75 Å². The van der Waals surface area contributed by atoms with E-state index in [1.807, 2.05) is 19.9 Å². The van der Waals surface area contributed by atoms with Gasteiger partial charge in [-0.1, -0.05) is 56.5 Å². The Bertz CT molecular complexity index is 1210. The third-order valence-electron chi connectivity index (χ3n) is 9.04. The van der Waals surface area contributed by atoms with Crippen LogP contribution in [0.4, 0.5) is 10.5 Å². The number of hydrogen-bond acceptors (Lipinski definition) is 6. The number of urea groups is 1. The molecule has 4 rings (SSSR count). The van der Waals surface area contributed by atoms with Crippen molar-refractivity contribution in [2.75, 3.05) is 38.7 Å². The van der Waals surface area contributed by atoms with E-state index < -0.39 is 6.04 Å². The number of hydrogen-bond donors (Lipinski definition) is 3. The molecular weight excluding hydrogens is 568 g/mol. The van der Waals surface area contributed by atoms with Crippen LogP contribution in [0.2, 0.25) is 0 Å². The van der Waals surface area contributed by atoms with Gasteiger partial charge in [0.2, 0.25) is 0 Å². The third-order valence-corrected chi connectivity index (χ3v) is 9.04. The number of nitrogens with one attached hydrogen (secondary N) is 2. The number of likely N-dealkylation sites (N-methyl/N-ethyl adjacent to an activating group) is 1. The van der Waals surface area contributed by atoms with Gasteiger partial charge in [-0.2, -0.15) is 0 Å². The maximum Gasteiger partial charge on any atom is 0.319 e. The van der Waals surface area contributed by atoms with Crippen LogP contribution in [0.3, 0.4) is 0 Å². The predicted octanol–water partition coefficient (Wildman–Crippen LogP) is 6.07.